The molecule has 2 N–H and O–H groups in total. The van der Waals surface area contributed by atoms with E-state index >= 15 is 0 Å². The summed E-state index contributed by atoms with van der Waals surface area (Å²) in [5.74, 6) is 0.139. The van der Waals surface area contributed by atoms with E-state index in [0.29, 0.717) is 11.8 Å². The van der Waals surface area contributed by atoms with Gasteiger partial charge < -0.3 is 10.2 Å². The molecule has 0 aliphatic heterocycles. The Morgan fingerprint density at radius 3 is 2.61 bits per heavy atom. The molecule has 0 aromatic heterocycles. The Bertz CT molecular complexity index is 529. The highest BCUT2D eigenvalue weighted by Crippen LogP contribution is 2.60. The smallest absolute Gasteiger partial charge is 0.328 e. The average molecular weight is 320 g/mol. The van der Waals surface area contributed by atoms with E-state index in [1.54, 1.807) is 0 Å². The van der Waals surface area contributed by atoms with Crippen molar-refractivity contribution in [1.82, 2.24) is 0 Å². The van der Waals surface area contributed by atoms with Gasteiger partial charge in [-0.15, -0.1) is 0 Å². The number of hydrogen-bond donors (Lipinski definition) is 2. The molecule has 2 aliphatic carbocycles. The van der Waals surface area contributed by atoms with Crippen LogP contribution in [0.4, 0.5) is 0 Å². The molecule has 0 bridgehead atoms. The molecule has 0 radical (unpaired) electrons. The maximum absolute atomic E-state index is 10.8. The fraction of sp³-hybridized carbons (Fsp3) is 0.750. The largest absolute Gasteiger partial charge is 0.478 e. The van der Waals surface area contributed by atoms with E-state index in [0.717, 1.165) is 37.7 Å². The molecule has 23 heavy (non-hydrogen) atoms. The molecule has 2 aliphatic rings. The number of carboxylic acid groups (broad SMARTS) is 1. The normalized spacial score (nSPS) is 37.0. The summed E-state index contributed by atoms with van der Waals surface area (Å²) in [5, 5.41) is 19.3. The minimum atomic E-state index is -0.864. The molecule has 1 saturated carbocycles. The van der Waals surface area contributed by atoms with Crippen LogP contribution in [0.15, 0.2) is 23.3 Å². The van der Waals surface area contributed by atoms with Gasteiger partial charge in [-0.1, -0.05) is 38.0 Å². The lowest BCUT2D eigenvalue weighted by Gasteiger charge is -2.58. The van der Waals surface area contributed by atoms with E-state index < -0.39 is 5.97 Å². The number of fused-ring (bicyclic) bond motifs is 1. The molecule has 0 aromatic carbocycles. The molecule has 130 valence electrons. The van der Waals surface area contributed by atoms with Crippen molar-refractivity contribution in [2.45, 2.75) is 72.8 Å². The molecule has 0 saturated heterocycles. The number of carboxylic acids is 1. The minimum absolute atomic E-state index is 0.101. The summed E-state index contributed by atoms with van der Waals surface area (Å²) in [4.78, 5) is 10.8. The first-order valence-electron chi connectivity index (χ1n) is 8.81. The Morgan fingerprint density at radius 1 is 1.35 bits per heavy atom. The van der Waals surface area contributed by atoms with Crippen molar-refractivity contribution in [3.05, 3.63) is 23.3 Å². The van der Waals surface area contributed by atoms with Crippen LogP contribution in [0, 0.1) is 22.7 Å². The van der Waals surface area contributed by atoms with Crippen molar-refractivity contribution < 1.29 is 15.0 Å². The van der Waals surface area contributed by atoms with Crippen LogP contribution in [0.1, 0.15) is 66.7 Å². The highest BCUT2D eigenvalue weighted by Gasteiger charge is 2.53. The highest BCUT2D eigenvalue weighted by atomic mass is 16.4. The SMILES string of the molecule is CC1=CC[C@@H]2C(C)(C)C[C@@H](O)C[C@]2(C)[C@@H]1CC/C(C)=C/C(=O)O. The van der Waals surface area contributed by atoms with Crippen LogP contribution in [0.2, 0.25) is 0 Å². The molecule has 0 amide bonds. The molecule has 0 unspecified atom stereocenters. The van der Waals surface area contributed by atoms with Gasteiger partial charge >= 0.3 is 5.97 Å². The molecule has 3 nitrogen and oxygen atoms in total. The third-order valence-electron chi connectivity index (χ3n) is 6.39. The summed E-state index contributed by atoms with van der Waals surface area (Å²) in [7, 11) is 0. The van der Waals surface area contributed by atoms with Crippen molar-refractivity contribution in [2.75, 3.05) is 0 Å². The monoisotopic (exact) mass is 320 g/mol. The number of aliphatic hydroxyl groups is 1. The number of rotatable bonds is 4. The predicted octanol–water partition coefficient (Wildman–Crippen LogP) is 4.57. The Balaban J connectivity index is 2.25. The van der Waals surface area contributed by atoms with Gasteiger partial charge in [0.15, 0.2) is 0 Å². The molecule has 1 fully saturated rings. The Hall–Kier alpha value is -1.09. The van der Waals surface area contributed by atoms with Crippen LogP contribution in [0.25, 0.3) is 0 Å². The summed E-state index contributed by atoms with van der Waals surface area (Å²) in [6, 6.07) is 0. The third kappa shape index (κ3) is 3.71. The lowest BCUT2D eigenvalue weighted by molar-refractivity contribution is -0.131. The van der Waals surface area contributed by atoms with Crippen LogP contribution in [-0.4, -0.2) is 22.3 Å². The first-order valence-corrected chi connectivity index (χ1v) is 8.81. The van der Waals surface area contributed by atoms with Gasteiger partial charge in [0.25, 0.3) is 0 Å². The zero-order valence-electron chi connectivity index (χ0n) is 15.2. The van der Waals surface area contributed by atoms with Crippen molar-refractivity contribution in [3.63, 3.8) is 0 Å². The van der Waals surface area contributed by atoms with Crippen LogP contribution in [0.5, 0.6) is 0 Å². The summed E-state index contributed by atoms with van der Waals surface area (Å²) in [5.41, 5.74) is 2.58. The summed E-state index contributed by atoms with van der Waals surface area (Å²) in [6.45, 7) is 11.0. The van der Waals surface area contributed by atoms with E-state index in [1.807, 2.05) is 6.92 Å². The third-order valence-corrected chi connectivity index (χ3v) is 6.39. The number of hydrogen-bond acceptors (Lipinski definition) is 2. The van der Waals surface area contributed by atoms with Crippen LogP contribution in [-0.2, 0) is 4.79 Å². The number of aliphatic hydroxyl groups excluding tert-OH is 1. The van der Waals surface area contributed by atoms with Gasteiger partial charge in [-0.3, -0.25) is 0 Å². The first kappa shape index (κ1) is 18.3. The minimum Gasteiger partial charge on any atom is -0.478 e. The second-order valence-electron chi connectivity index (χ2n) is 8.71. The standard InChI is InChI=1S/C20H32O3/c1-13(10-18(22)23)6-8-16-14(2)7-9-17-19(3,4)11-15(21)12-20(16,17)5/h7,10,15-17,21H,6,8-9,11-12H2,1-5H3,(H,22,23)/b13-10+/t15-,16-,17-,20-/m1/s1. The fourth-order valence-corrected chi connectivity index (χ4v) is 5.52. The topological polar surface area (TPSA) is 57.5 Å². The molecule has 0 aromatic rings. The van der Waals surface area contributed by atoms with E-state index in [9.17, 15) is 9.90 Å². The van der Waals surface area contributed by atoms with E-state index in [4.69, 9.17) is 5.11 Å². The van der Waals surface area contributed by atoms with Gasteiger partial charge in [0.1, 0.15) is 0 Å². The molecule has 2 rings (SSSR count). The summed E-state index contributed by atoms with van der Waals surface area (Å²) in [6.07, 6.45) is 8.09. The van der Waals surface area contributed by atoms with Crippen molar-refractivity contribution in [1.29, 1.82) is 0 Å². The van der Waals surface area contributed by atoms with Gasteiger partial charge in [-0.05, 0) is 68.6 Å². The molecule has 3 heteroatoms. The summed E-state index contributed by atoms with van der Waals surface area (Å²) >= 11 is 0. The fourth-order valence-electron chi connectivity index (χ4n) is 5.52. The lowest BCUT2D eigenvalue weighted by Crippen LogP contribution is -2.52. The zero-order chi connectivity index (χ0) is 17.4. The number of carbonyl (C=O) groups is 1. The Kier molecular flexibility index (Phi) is 5.10. The van der Waals surface area contributed by atoms with Gasteiger partial charge in [-0.25, -0.2) is 4.79 Å². The second-order valence-corrected chi connectivity index (χ2v) is 8.71. The number of aliphatic carboxylic acids is 1. The first-order chi connectivity index (χ1) is 10.6. The molecule has 4 atom stereocenters. The van der Waals surface area contributed by atoms with Crippen LogP contribution in [0.3, 0.4) is 0 Å². The van der Waals surface area contributed by atoms with Gasteiger partial charge in [0.05, 0.1) is 6.10 Å². The van der Waals surface area contributed by atoms with E-state index in [1.165, 1.54) is 11.6 Å². The number of allylic oxidation sites excluding steroid dienone is 3. The van der Waals surface area contributed by atoms with Crippen molar-refractivity contribution in [3.8, 4) is 0 Å². The van der Waals surface area contributed by atoms with Gasteiger partial charge in [0.2, 0.25) is 0 Å². The van der Waals surface area contributed by atoms with E-state index in [-0.39, 0.29) is 16.9 Å². The molecule has 0 heterocycles. The maximum atomic E-state index is 10.8. The quantitative estimate of drug-likeness (QED) is 0.589. The van der Waals surface area contributed by atoms with E-state index in [2.05, 4.69) is 33.8 Å². The molecule has 0 spiro atoms. The molecular weight excluding hydrogens is 288 g/mol. The van der Waals surface area contributed by atoms with Crippen molar-refractivity contribution >= 4 is 5.97 Å². The Labute approximate surface area is 140 Å². The van der Waals surface area contributed by atoms with Crippen LogP contribution >= 0.6 is 0 Å². The maximum Gasteiger partial charge on any atom is 0.328 e. The van der Waals surface area contributed by atoms with Gasteiger partial charge in [-0.2, -0.15) is 0 Å². The summed E-state index contributed by atoms with van der Waals surface area (Å²) < 4.78 is 0. The highest BCUT2D eigenvalue weighted by molar-refractivity contribution is 5.80. The van der Waals surface area contributed by atoms with Crippen LogP contribution < -0.4 is 0 Å². The zero-order valence-corrected chi connectivity index (χ0v) is 15.2. The Morgan fingerprint density at radius 2 is 2.00 bits per heavy atom. The van der Waals surface area contributed by atoms with Gasteiger partial charge in [0, 0.05) is 6.08 Å². The van der Waals surface area contributed by atoms with Crippen molar-refractivity contribution in [2.24, 2.45) is 22.7 Å². The average Bonchev–Trinajstić information content (AvgIpc) is 2.34. The second kappa shape index (κ2) is 6.43. The lowest BCUT2D eigenvalue weighted by atomic mass is 9.47. The predicted molar refractivity (Wildman–Crippen MR) is 93.1 cm³/mol. The molecular formula is C20H32O3.